The fourth-order valence-corrected chi connectivity index (χ4v) is 5.44. The third-order valence-corrected chi connectivity index (χ3v) is 7.04. The van der Waals surface area contributed by atoms with Gasteiger partial charge in [-0.25, -0.2) is 18.2 Å². The van der Waals surface area contributed by atoms with Crippen molar-refractivity contribution in [2.75, 3.05) is 22.4 Å². The molecule has 2 amide bonds. The normalized spacial score (nSPS) is 20.3. The molecule has 0 aromatic heterocycles. The Morgan fingerprint density at radius 2 is 1.57 bits per heavy atom. The Hall–Kier alpha value is -3.29. The van der Waals surface area contributed by atoms with Crippen LogP contribution in [0.15, 0.2) is 47.6 Å². The predicted molar refractivity (Wildman–Crippen MR) is 115 cm³/mol. The standard InChI is InChI=1S/C21H18F6N4O3S/c1-11-16-10-30(19(32)28-14-6-3-12(4-7-14)20(22,23)24)29-18(16)15-8-5-13(21(25,26)27)9-17(15)31(11)35(2,33)34/h3-9,11,16H,10H2,1-2H3,(H,28,32). The molecule has 2 aliphatic heterocycles. The van der Waals surface area contributed by atoms with Crippen LogP contribution in [0, 0.1) is 5.92 Å². The molecule has 188 valence electrons. The minimum atomic E-state index is -4.70. The lowest BCUT2D eigenvalue weighted by Crippen LogP contribution is -2.50. The van der Waals surface area contributed by atoms with Crippen LogP contribution in [-0.4, -0.2) is 44.0 Å². The van der Waals surface area contributed by atoms with Crippen LogP contribution in [-0.2, 0) is 22.4 Å². The molecular formula is C21H18F6N4O3S. The van der Waals surface area contributed by atoms with Crippen LogP contribution in [0.5, 0.6) is 0 Å². The molecule has 2 aliphatic rings. The van der Waals surface area contributed by atoms with Gasteiger partial charge >= 0.3 is 18.4 Å². The molecule has 4 rings (SSSR count). The van der Waals surface area contributed by atoms with E-state index in [0.717, 1.165) is 58.0 Å². The second-order valence-corrected chi connectivity index (χ2v) is 10.1. The van der Waals surface area contributed by atoms with E-state index < -0.39 is 51.5 Å². The molecule has 2 heterocycles. The van der Waals surface area contributed by atoms with E-state index in [4.69, 9.17) is 0 Å². The number of nitrogens with one attached hydrogen (secondary N) is 1. The van der Waals surface area contributed by atoms with Crippen molar-refractivity contribution in [1.29, 1.82) is 0 Å². The maximum atomic E-state index is 13.3. The summed E-state index contributed by atoms with van der Waals surface area (Å²) in [5.74, 6) is -0.646. The van der Waals surface area contributed by atoms with Gasteiger partial charge in [0.05, 0.1) is 41.4 Å². The monoisotopic (exact) mass is 520 g/mol. The molecule has 0 saturated carbocycles. The van der Waals surface area contributed by atoms with E-state index in [1.54, 1.807) is 0 Å². The molecule has 0 fully saturated rings. The second kappa shape index (κ2) is 8.14. The number of anilines is 2. The van der Waals surface area contributed by atoms with E-state index in [1.165, 1.54) is 6.92 Å². The molecule has 2 atom stereocenters. The molecule has 0 aliphatic carbocycles. The number of hydrogen-bond donors (Lipinski definition) is 1. The first-order valence-electron chi connectivity index (χ1n) is 10.1. The van der Waals surface area contributed by atoms with Gasteiger partial charge in [0.25, 0.3) is 0 Å². The van der Waals surface area contributed by atoms with Crippen molar-refractivity contribution >= 4 is 33.1 Å². The molecular weight excluding hydrogens is 502 g/mol. The summed E-state index contributed by atoms with van der Waals surface area (Å²) in [6.45, 7) is 1.41. The number of sulfonamides is 1. The van der Waals surface area contributed by atoms with E-state index >= 15 is 0 Å². The van der Waals surface area contributed by atoms with Gasteiger partial charge in [0.1, 0.15) is 0 Å². The zero-order valence-electron chi connectivity index (χ0n) is 18.1. The summed E-state index contributed by atoms with van der Waals surface area (Å²) in [5, 5.41) is 7.61. The van der Waals surface area contributed by atoms with Crippen molar-refractivity contribution in [1.82, 2.24) is 5.01 Å². The maximum Gasteiger partial charge on any atom is 0.416 e. The highest BCUT2D eigenvalue weighted by molar-refractivity contribution is 7.92. The molecule has 1 N–H and O–H groups in total. The number of rotatable bonds is 2. The van der Waals surface area contributed by atoms with Gasteiger partial charge in [0, 0.05) is 17.2 Å². The van der Waals surface area contributed by atoms with Crippen LogP contribution >= 0.6 is 0 Å². The SMILES string of the molecule is CC1C2CN(C(=O)Nc3ccc(C(F)(F)F)cc3)N=C2c2ccc(C(F)(F)F)cc2N1S(C)(=O)=O. The third-order valence-electron chi connectivity index (χ3n) is 5.80. The Labute approximate surface area is 196 Å². The van der Waals surface area contributed by atoms with Crippen molar-refractivity contribution < 1.29 is 39.6 Å². The Bertz CT molecular complexity index is 1310. The zero-order valence-corrected chi connectivity index (χ0v) is 19.0. The van der Waals surface area contributed by atoms with E-state index in [0.29, 0.717) is 0 Å². The molecule has 0 saturated heterocycles. The van der Waals surface area contributed by atoms with Crippen molar-refractivity contribution in [3.8, 4) is 0 Å². The molecule has 2 aromatic rings. The summed E-state index contributed by atoms with van der Waals surface area (Å²) in [4.78, 5) is 12.7. The lowest BCUT2D eigenvalue weighted by Gasteiger charge is -2.39. The fraction of sp³-hybridized carbons (Fsp3) is 0.333. The summed E-state index contributed by atoms with van der Waals surface area (Å²) in [6.07, 6.45) is -8.37. The van der Waals surface area contributed by atoms with Gasteiger partial charge in [-0.15, -0.1) is 0 Å². The number of hydrazone groups is 1. The van der Waals surface area contributed by atoms with Gasteiger partial charge in [-0.1, -0.05) is 6.07 Å². The Kier molecular flexibility index (Phi) is 5.77. The first kappa shape index (κ1) is 24.8. The number of carbonyl (C=O) groups is 1. The van der Waals surface area contributed by atoms with Crippen LogP contribution < -0.4 is 9.62 Å². The van der Waals surface area contributed by atoms with Crippen LogP contribution in [0.1, 0.15) is 23.6 Å². The minimum absolute atomic E-state index is 0.0686. The maximum absolute atomic E-state index is 13.3. The van der Waals surface area contributed by atoms with E-state index in [2.05, 4.69) is 10.4 Å². The predicted octanol–water partition coefficient (Wildman–Crippen LogP) is 4.76. The summed E-state index contributed by atoms with van der Waals surface area (Å²) in [6, 6.07) is 4.74. The second-order valence-electron chi connectivity index (χ2n) is 8.21. The van der Waals surface area contributed by atoms with Gasteiger partial charge in [-0.2, -0.15) is 31.4 Å². The van der Waals surface area contributed by atoms with Crippen molar-refractivity contribution in [2.45, 2.75) is 25.3 Å². The number of alkyl halides is 6. The molecule has 14 heteroatoms. The van der Waals surface area contributed by atoms with Crippen molar-refractivity contribution in [3.63, 3.8) is 0 Å². The molecule has 0 spiro atoms. The number of benzene rings is 2. The molecule has 2 aromatic carbocycles. The highest BCUT2D eigenvalue weighted by Gasteiger charge is 2.46. The average Bonchev–Trinajstić information content (AvgIpc) is 3.18. The van der Waals surface area contributed by atoms with Crippen molar-refractivity contribution in [2.24, 2.45) is 11.0 Å². The Balaban J connectivity index is 1.66. The topological polar surface area (TPSA) is 82.1 Å². The third kappa shape index (κ3) is 4.66. The van der Waals surface area contributed by atoms with Crippen LogP contribution in [0.4, 0.5) is 42.5 Å². The smallest absolute Gasteiger partial charge is 0.306 e. The zero-order chi connectivity index (χ0) is 25.9. The van der Waals surface area contributed by atoms with Crippen LogP contribution in [0.25, 0.3) is 0 Å². The first-order valence-corrected chi connectivity index (χ1v) is 12.0. The Morgan fingerprint density at radius 3 is 2.11 bits per heavy atom. The van der Waals surface area contributed by atoms with Crippen LogP contribution in [0.2, 0.25) is 0 Å². The van der Waals surface area contributed by atoms with Crippen LogP contribution in [0.3, 0.4) is 0 Å². The first-order chi connectivity index (χ1) is 16.1. The number of urea groups is 1. The molecule has 0 radical (unpaired) electrons. The molecule has 35 heavy (non-hydrogen) atoms. The molecule has 7 nitrogen and oxygen atoms in total. The minimum Gasteiger partial charge on any atom is -0.306 e. The number of halogens is 6. The number of amides is 2. The van der Waals surface area contributed by atoms with E-state index in [-0.39, 0.29) is 29.2 Å². The lowest BCUT2D eigenvalue weighted by molar-refractivity contribution is -0.138. The van der Waals surface area contributed by atoms with Gasteiger partial charge in [-0.05, 0) is 43.3 Å². The quantitative estimate of drug-likeness (QED) is 0.580. The van der Waals surface area contributed by atoms with E-state index in [9.17, 15) is 39.6 Å². The van der Waals surface area contributed by atoms with Gasteiger partial charge in [-0.3, -0.25) is 4.31 Å². The molecule has 2 unspecified atom stereocenters. The molecule has 0 bridgehead atoms. The highest BCUT2D eigenvalue weighted by atomic mass is 32.2. The lowest BCUT2D eigenvalue weighted by atomic mass is 9.86. The summed E-state index contributed by atoms with van der Waals surface area (Å²) < 4.78 is 104. The number of fused-ring (bicyclic) bond motifs is 3. The van der Waals surface area contributed by atoms with Gasteiger partial charge in [0.2, 0.25) is 10.0 Å². The number of hydrogen-bond acceptors (Lipinski definition) is 4. The Morgan fingerprint density at radius 1 is 1.00 bits per heavy atom. The van der Waals surface area contributed by atoms with Gasteiger partial charge in [0.15, 0.2) is 0 Å². The largest absolute Gasteiger partial charge is 0.416 e. The van der Waals surface area contributed by atoms with E-state index in [1.807, 2.05) is 0 Å². The fourth-order valence-electron chi connectivity index (χ4n) is 4.18. The van der Waals surface area contributed by atoms with Gasteiger partial charge < -0.3 is 5.32 Å². The highest BCUT2D eigenvalue weighted by Crippen LogP contribution is 2.42. The number of nitrogens with zero attached hydrogens (tertiary/aromatic N) is 3. The summed E-state index contributed by atoms with van der Waals surface area (Å²) >= 11 is 0. The average molecular weight is 520 g/mol. The summed E-state index contributed by atoms with van der Waals surface area (Å²) in [5.41, 5.74) is -1.69. The number of carbonyl (C=O) groups excluding carboxylic acids is 1. The van der Waals surface area contributed by atoms with Crippen molar-refractivity contribution in [3.05, 3.63) is 59.2 Å². The summed E-state index contributed by atoms with van der Waals surface area (Å²) in [7, 11) is -3.99.